The molecule has 0 spiro atoms. The van der Waals surface area contributed by atoms with Crippen LogP contribution in [0.5, 0.6) is 11.5 Å². The van der Waals surface area contributed by atoms with Gasteiger partial charge in [-0.15, -0.1) is 0 Å². The highest BCUT2D eigenvalue weighted by Gasteiger charge is 2.36. The van der Waals surface area contributed by atoms with Crippen molar-refractivity contribution in [2.45, 2.75) is 31.6 Å². The summed E-state index contributed by atoms with van der Waals surface area (Å²) in [6, 6.07) is 16.4. The number of Topliss-reactive ketones (excluding diaryl/α,β-unsaturated/α-hetero) is 1. The van der Waals surface area contributed by atoms with Gasteiger partial charge in [0.15, 0.2) is 11.5 Å². The molecule has 0 N–H and O–H groups in total. The maximum absolute atomic E-state index is 13.1. The van der Waals surface area contributed by atoms with Crippen LogP contribution in [0.1, 0.15) is 34.7 Å². The van der Waals surface area contributed by atoms with Gasteiger partial charge in [0.1, 0.15) is 22.1 Å². The van der Waals surface area contributed by atoms with E-state index in [0.29, 0.717) is 42.1 Å². The number of ketones is 1. The second-order valence-electron chi connectivity index (χ2n) is 7.66. The summed E-state index contributed by atoms with van der Waals surface area (Å²) < 4.78 is 38.4. The molecule has 1 aliphatic heterocycles. The van der Waals surface area contributed by atoms with Gasteiger partial charge in [-0.2, -0.15) is 4.31 Å². The lowest BCUT2D eigenvalue weighted by Crippen LogP contribution is -2.42. The van der Waals surface area contributed by atoms with Crippen LogP contribution < -0.4 is 4.74 Å². The molecule has 2 aromatic carbocycles. The van der Waals surface area contributed by atoms with E-state index in [4.69, 9.17) is 9.26 Å². The Hall–Kier alpha value is -2.97. The minimum atomic E-state index is -3.77. The average Bonchev–Trinajstić information content (AvgIpc) is 3.13. The lowest BCUT2D eigenvalue weighted by atomic mass is 9.91. The Morgan fingerprint density at radius 1 is 1.06 bits per heavy atom. The van der Waals surface area contributed by atoms with Crippen LogP contribution in [0.4, 0.5) is 0 Å². The Balaban J connectivity index is 1.48. The third-order valence-electron chi connectivity index (χ3n) is 5.44. The molecule has 31 heavy (non-hydrogen) atoms. The zero-order valence-electron chi connectivity index (χ0n) is 17.4. The fraction of sp³-hybridized carbons (Fsp3) is 0.304. The van der Waals surface area contributed by atoms with E-state index in [0.717, 1.165) is 0 Å². The number of sulfonamides is 1. The summed E-state index contributed by atoms with van der Waals surface area (Å²) in [6.45, 7) is 3.71. The smallest absolute Gasteiger partial charge is 0.248 e. The molecular weight excluding hydrogens is 416 g/mol. The molecule has 1 fully saturated rings. The third kappa shape index (κ3) is 4.40. The molecule has 4 rings (SSSR count). The van der Waals surface area contributed by atoms with Crippen LogP contribution in [0, 0.1) is 19.8 Å². The van der Waals surface area contributed by atoms with Gasteiger partial charge in [-0.25, -0.2) is 8.42 Å². The molecule has 2 heterocycles. The van der Waals surface area contributed by atoms with Gasteiger partial charge in [0.2, 0.25) is 10.0 Å². The first kappa shape index (κ1) is 21.3. The number of benzene rings is 2. The molecule has 1 saturated heterocycles. The molecule has 7 nitrogen and oxygen atoms in total. The summed E-state index contributed by atoms with van der Waals surface area (Å²) in [6.07, 6.45) is 1.27. The van der Waals surface area contributed by atoms with Gasteiger partial charge < -0.3 is 9.26 Å². The van der Waals surface area contributed by atoms with Gasteiger partial charge in [-0.05, 0) is 63.1 Å². The summed E-state index contributed by atoms with van der Waals surface area (Å²) >= 11 is 0. The van der Waals surface area contributed by atoms with E-state index in [9.17, 15) is 13.2 Å². The number of carbonyl (C=O) groups is 1. The number of aromatic nitrogens is 1. The van der Waals surface area contributed by atoms with Crippen LogP contribution in [-0.4, -0.2) is 36.8 Å². The Labute approximate surface area is 181 Å². The van der Waals surface area contributed by atoms with E-state index in [2.05, 4.69) is 5.16 Å². The number of ether oxygens (including phenoxy) is 1. The molecule has 0 radical (unpaired) electrons. The minimum Gasteiger partial charge on any atom is -0.457 e. The highest BCUT2D eigenvalue weighted by atomic mass is 32.2. The number of aryl methyl sites for hydroxylation is 2. The standard InChI is InChI=1S/C23H24N2O5S/c1-16-23(17(2)30-24-16)31(27,28)25-14-6-7-19(15-25)22(26)18-10-12-21(13-11-18)29-20-8-4-3-5-9-20/h3-5,8-13,19H,6-7,14-15H2,1-2H3. The first-order chi connectivity index (χ1) is 14.9. The first-order valence-corrected chi connectivity index (χ1v) is 11.6. The van der Waals surface area contributed by atoms with E-state index in [1.54, 1.807) is 38.1 Å². The normalized spacial score (nSPS) is 17.4. The molecule has 0 saturated carbocycles. The SMILES string of the molecule is Cc1noc(C)c1S(=O)(=O)N1CCCC(C(=O)c2ccc(Oc3ccccc3)cc2)C1. The molecule has 1 unspecified atom stereocenters. The van der Waals surface area contributed by atoms with Gasteiger partial charge in [-0.1, -0.05) is 23.4 Å². The molecule has 1 atom stereocenters. The molecule has 0 aliphatic carbocycles. The van der Waals surface area contributed by atoms with Crippen molar-refractivity contribution in [2.24, 2.45) is 5.92 Å². The van der Waals surface area contributed by atoms with Crippen LogP contribution in [0.3, 0.4) is 0 Å². The van der Waals surface area contributed by atoms with Gasteiger partial charge in [0, 0.05) is 24.6 Å². The first-order valence-electron chi connectivity index (χ1n) is 10.2. The predicted molar refractivity (Wildman–Crippen MR) is 115 cm³/mol. The van der Waals surface area contributed by atoms with Gasteiger partial charge in [0.05, 0.1) is 0 Å². The maximum Gasteiger partial charge on any atom is 0.248 e. The van der Waals surface area contributed by atoms with Crippen molar-refractivity contribution in [3.05, 3.63) is 71.6 Å². The zero-order valence-corrected chi connectivity index (χ0v) is 18.3. The largest absolute Gasteiger partial charge is 0.457 e. The van der Waals surface area contributed by atoms with Crippen LogP contribution >= 0.6 is 0 Å². The Morgan fingerprint density at radius 2 is 1.74 bits per heavy atom. The third-order valence-corrected chi connectivity index (χ3v) is 7.55. The summed E-state index contributed by atoms with van der Waals surface area (Å²) in [7, 11) is -3.77. The lowest BCUT2D eigenvalue weighted by molar-refractivity contribution is 0.0872. The number of piperidine rings is 1. The van der Waals surface area contributed by atoms with Crippen molar-refractivity contribution < 1.29 is 22.5 Å². The summed E-state index contributed by atoms with van der Waals surface area (Å²) in [4.78, 5) is 13.2. The molecule has 162 valence electrons. The molecule has 3 aromatic rings. The fourth-order valence-electron chi connectivity index (χ4n) is 3.89. The summed E-state index contributed by atoms with van der Waals surface area (Å²) in [5, 5.41) is 3.76. The average molecular weight is 441 g/mol. The van der Waals surface area contributed by atoms with Gasteiger partial charge in [0.25, 0.3) is 0 Å². The van der Waals surface area contributed by atoms with E-state index >= 15 is 0 Å². The lowest BCUT2D eigenvalue weighted by Gasteiger charge is -2.31. The van der Waals surface area contributed by atoms with E-state index in [1.807, 2.05) is 30.3 Å². The Bertz CT molecular complexity index is 1150. The second-order valence-corrected chi connectivity index (χ2v) is 9.53. The fourth-order valence-corrected chi connectivity index (χ4v) is 5.71. The van der Waals surface area contributed by atoms with E-state index < -0.39 is 15.9 Å². The molecular formula is C23H24N2O5S. The molecule has 8 heteroatoms. The van der Waals surface area contributed by atoms with E-state index in [-0.39, 0.29) is 23.0 Å². The van der Waals surface area contributed by atoms with Gasteiger partial charge in [-0.3, -0.25) is 4.79 Å². The van der Waals surface area contributed by atoms with Gasteiger partial charge >= 0.3 is 0 Å². The Kier molecular flexibility index (Phi) is 5.93. The summed E-state index contributed by atoms with van der Waals surface area (Å²) in [5.41, 5.74) is 0.877. The number of hydrogen-bond acceptors (Lipinski definition) is 6. The quantitative estimate of drug-likeness (QED) is 0.529. The second kappa shape index (κ2) is 8.64. The van der Waals surface area contributed by atoms with Crippen molar-refractivity contribution in [1.82, 2.24) is 9.46 Å². The maximum atomic E-state index is 13.1. The van der Waals surface area contributed by atoms with Crippen molar-refractivity contribution in [1.29, 1.82) is 0 Å². The van der Waals surface area contributed by atoms with Crippen molar-refractivity contribution in [3.63, 3.8) is 0 Å². The topological polar surface area (TPSA) is 89.7 Å². The molecule has 0 bridgehead atoms. The minimum absolute atomic E-state index is 0.0649. The molecule has 0 amide bonds. The number of para-hydroxylation sites is 1. The predicted octanol–water partition coefficient (Wildman–Crippen LogP) is 4.37. The number of carbonyl (C=O) groups excluding carboxylic acids is 1. The highest BCUT2D eigenvalue weighted by Crippen LogP contribution is 2.29. The number of rotatable bonds is 6. The number of hydrogen-bond donors (Lipinski definition) is 0. The molecule has 1 aromatic heterocycles. The van der Waals surface area contributed by atoms with Crippen LogP contribution in [0.2, 0.25) is 0 Å². The summed E-state index contributed by atoms with van der Waals surface area (Å²) in [5.74, 6) is 1.15. The van der Waals surface area contributed by atoms with Crippen LogP contribution in [0.15, 0.2) is 64.0 Å². The van der Waals surface area contributed by atoms with Crippen molar-refractivity contribution >= 4 is 15.8 Å². The van der Waals surface area contributed by atoms with Crippen LogP contribution in [0.25, 0.3) is 0 Å². The Morgan fingerprint density at radius 3 is 2.39 bits per heavy atom. The van der Waals surface area contributed by atoms with Crippen molar-refractivity contribution in [3.8, 4) is 11.5 Å². The monoisotopic (exact) mass is 440 g/mol. The number of nitrogens with zero attached hydrogens (tertiary/aromatic N) is 2. The van der Waals surface area contributed by atoms with Crippen LogP contribution in [-0.2, 0) is 10.0 Å². The molecule has 1 aliphatic rings. The zero-order chi connectivity index (χ0) is 22.0. The van der Waals surface area contributed by atoms with E-state index in [1.165, 1.54) is 4.31 Å². The highest BCUT2D eigenvalue weighted by molar-refractivity contribution is 7.89. The van der Waals surface area contributed by atoms with Crippen molar-refractivity contribution in [2.75, 3.05) is 13.1 Å².